The number of halogens is 2. The average molecular weight is 553 g/mol. The van der Waals surface area contributed by atoms with Gasteiger partial charge in [-0.1, -0.05) is 30.7 Å². The predicted molar refractivity (Wildman–Crippen MR) is 146 cm³/mol. The summed E-state index contributed by atoms with van der Waals surface area (Å²) >= 11 is 9.51. The van der Waals surface area contributed by atoms with Gasteiger partial charge in [-0.25, -0.2) is 4.98 Å². The highest BCUT2D eigenvalue weighted by molar-refractivity contribution is 9.10. The van der Waals surface area contributed by atoms with Gasteiger partial charge in [0, 0.05) is 59.8 Å². The van der Waals surface area contributed by atoms with Crippen molar-refractivity contribution in [2.24, 2.45) is 0 Å². The first-order valence-corrected chi connectivity index (χ1v) is 13.0. The lowest BCUT2D eigenvalue weighted by molar-refractivity contribution is 0.0944. The molecule has 2 aromatic heterocycles. The van der Waals surface area contributed by atoms with Crippen molar-refractivity contribution >= 4 is 50.5 Å². The lowest BCUT2D eigenvalue weighted by Crippen LogP contribution is -2.46. The molecule has 1 fully saturated rings. The molecule has 180 valence electrons. The van der Waals surface area contributed by atoms with Crippen LogP contribution in [0.5, 0.6) is 0 Å². The number of nitrogens with one attached hydrogen (secondary N) is 1. The molecule has 1 saturated heterocycles. The minimum Gasteiger partial charge on any atom is -0.368 e. The summed E-state index contributed by atoms with van der Waals surface area (Å²) in [5.74, 6) is -0.116. The highest BCUT2D eigenvalue weighted by Crippen LogP contribution is 2.23. The van der Waals surface area contributed by atoms with E-state index >= 15 is 0 Å². The SMILES string of the molecule is CCc1nc2ccc(Br)cn2c1C(=O)NCc1ccc(N2CCN(c3ccc(Cl)cc3)CC2)cc1. The zero-order valence-corrected chi connectivity index (χ0v) is 21.9. The Morgan fingerprint density at radius 2 is 1.54 bits per heavy atom. The van der Waals surface area contributed by atoms with E-state index in [1.165, 1.54) is 11.4 Å². The van der Waals surface area contributed by atoms with Gasteiger partial charge >= 0.3 is 0 Å². The molecule has 3 heterocycles. The number of imidazole rings is 1. The number of benzene rings is 2. The molecule has 0 spiro atoms. The fourth-order valence-corrected chi connectivity index (χ4v) is 4.98. The minimum atomic E-state index is -0.116. The van der Waals surface area contributed by atoms with Crippen molar-refractivity contribution in [3.63, 3.8) is 0 Å². The van der Waals surface area contributed by atoms with Gasteiger partial charge in [0.2, 0.25) is 0 Å². The van der Waals surface area contributed by atoms with Gasteiger partial charge in [-0.15, -0.1) is 0 Å². The van der Waals surface area contributed by atoms with Crippen molar-refractivity contribution in [3.05, 3.63) is 93.3 Å². The number of pyridine rings is 1. The van der Waals surface area contributed by atoms with E-state index in [1.807, 2.05) is 41.8 Å². The molecule has 0 radical (unpaired) electrons. The van der Waals surface area contributed by atoms with Crippen LogP contribution >= 0.6 is 27.5 Å². The second kappa shape index (κ2) is 10.3. The molecule has 5 rings (SSSR count). The number of amides is 1. The molecule has 0 bridgehead atoms. The standard InChI is InChI=1S/C27H27BrClN5O/c1-2-24-26(34-18-20(28)5-12-25(34)31-24)27(35)30-17-19-3-8-22(9-4-19)32-13-15-33(16-14-32)23-10-6-21(29)7-11-23/h3-12,18H,2,13-17H2,1H3,(H,30,35). The first-order chi connectivity index (χ1) is 17.0. The molecule has 4 aromatic rings. The maximum atomic E-state index is 13.1. The molecule has 1 aliphatic rings. The summed E-state index contributed by atoms with van der Waals surface area (Å²) < 4.78 is 2.76. The number of rotatable bonds is 6. The molecule has 2 aromatic carbocycles. The first kappa shape index (κ1) is 23.7. The Morgan fingerprint density at radius 3 is 2.14 bits per heavy atom. The lowest BCUT2D eigenvalue weighted by Gasteiger charge is -2.37. The second-order valence-electron chi connectivity index (χ2n) is 8.64. The largest absolute Gasteiger partial charge is 0.368 e. The molecule has 35 heavy (non-hydrogen) atoms. The zero-order chi connectivity index (χ0) is 24.4. The number of hydrogen-bond acceptors (Lipinski definition) is 4. The van der Waals surface area contributed by atoms with E-state index in [4.69, 9.17) is 11.6 Å². The Morgan fingerprint density at radius 1 is 0.943 bits per heavy atom. The van der Waals surface area contributed by atoms with Crippen LogP contribution < -0.4 is 15.1 Å². The number of fused-ring (bicyclic) bond motifs is 1. The molecule has 6 nitrogen and oxygen atoms in total. The molecule has 0 unspecified atom stereocenters. The molecule has 1 aliphatic heterocycles. The Balaban J connectivity index is 1.20. The zero-order valence-electron chi connectivity index (χ0n) is 19.5. The molecule has 1 N–H and O–H groups in total. The average Bonchev–Trinajstić information content (AvgIpc) is 3.26. The topological polar surface area (TPSA) is 52.9 Å². The Labute approximate surface area is 218 Å². The van der Waals surface area contributed by atoms with Gasteiger partial charge in [-0.05, 0) is 76.4 Å². The van der Waals surface area contributed by atoms with Crippen LogP contribution in [-0.2, 0) is 13.0 Å². The normalized spacial score (nSPS) is 13.9. The highest BCUT2D eigenvalue weighted by Gasteiger charge is 2.19. The Hall–Kier alpha value is -3.03. The first-order valence-electron chi connectivity index (χ1n) is 11.8. The van der Waals surface area contributed by atoms with E-state index in [0.29, 0.717) is 18.7 Å². The number of nitrogens with zero attached hydrogens (tertiary/aromatic N) is 4. The van der Waals surface area contributed by atoms with Gasteiger partial charge in [0.25, 0.3) is 5.91 Å². The molecule has 0 aliphatic carbocycles. The molecular formula is C27H27BrClN5O. The van der Waals surface area contributed by atoms with Gasteiger partial charge in [-0.2, -0.15) is 0 Å². The Kier molecular flexibility index (Phi) is 6.97. The third-order valence-corrected chi connectivity index (χ3v) is 7.15. The third-order valence-electron chi connectivity index (χ3n) is 6.43. The van der Waals surface area contributed by atoms with Gasteiger partial charge in [0.1, 0.15) is 11.3 Å². The van der Waals surface area contributed by atoms with E-state index in [-0.39, 0.29) is 5.91 Å². The number of piperazine rings is 1. The number of aryl methyl sites for hydroxylation is 1. The smallest absolute Gasteiger partial charge is 0.270 e. The van der Waals surface area contributed by atoms with Crippen LogP contribution in [0.3, 0.4) is 0 Å². The molecule has 0 atom stereocenters. The van der Waals surface area contributed by atoms with Crippen molar-refractivity contribution in [1.82, 2.24) is 14.7 Å². The van der Waals surface area contributed by atoms with Crippen LogP contribution in [0, 0.1) is 0 Å². The summed E-state index contributed by atoms with van der Waals surface area (Å²) in [6.07, 6.45) is 2.58. The van der Waals surface area contributed by atoms with E-state index in [9.17, 15) is 4.79 Å². The fraction of sp³-hybridized carbons (Fsp3) is 0.259. The number of hydrogen-bond donors (Lipinski definition) is 1. The van der Waals surface area contributed by atoms with Crippen LogP contribution in [0.1, 0.15) is 28.7 Å². The van der Waals surface area contributed by atoms with Crippen LogP contribution in [0.15, 0.2) is 71.3 Å². The number of carbonyl (C=O) groups excluding carboxylic acids is 1. The van der Waals surface area contributed by atoms with Crippen molar-refractivity contribution in [2.75, 3.05) is 36.0 Å². The van der Waals surface area contributed by atoms with E-state index in [1.54, 1.807) is 0 Å². The summed E-state index contributed by atoms with van der Waals surface area (Å²) in [6, 6.07) is 20.4. The van der Waals surface area contributed by atoms with Gasteiger partial charge in [0.05, 0.1) is 5.69 Å². The minimum absolute atomic E-state index is 0.116. The summed E-state index contributed by atoms with van der Waals surface area (Å²) in [6.45, 7) is 6.34. The van der Waals surface area contributed by atoms with Crippen LogP contribution in [0.25, 0.3) is 5.65 Å². The fourth-order valence-electron chi connectivity index (χ4n) is 4.52. The van der Waals surface area contributed by atoms with E-state index in [2.05, 4.69) is 72.4 Å². The van der Waals surface area contributed by atoms with Crippen LogP contribution in [0.2, 0.25) is 5.02 Å². The van der Waals surface area contributed by atoms with Gasteiger partial charge in [0.15, 0.2) is 0 Å². The maximum absolute atomic E-state index is 13.1. The summed E-state index contributed by atoms with van der Waals surface area (Å²) in [5.41, 5.74) is 5.65. The number of carbonyl (C=O) groups is 1. The van der Waals surface area contributed by atoms with E-state index < -0.39 is 0 Å². The number of aromatic nitrogens is 2. The monoisotopic (exact) mass is 551 g/mol. The molecule has 8 heteroatoms. The predicted octanol–water partition coefficient (Wildman–Crippen LogP) is 5.57. The van der Waals surface area contributed by atoms with Crippen LogP contribution in [0.4, 0.5) is 11.4 Å². The molecule has 0 saturated carbocycles. The summed E-state index contributed by atoms with van der Waals surface area (Å²) in [4.78, 5) is 22.5. The molecule has 1 amide bonds. The van der Waals surface area contributed by atoms with Crippen molar-refractivity contribution < 1.29 is 4.79 Å². The highest BCUT2D eigenvalue weighted by atomic mass is 79.9. The quantitative estimate of drug-likeness (QED) is 0.340. The molecular weight excluding hydrogens is 526 g/mol. The lowest BCUT2D eigenvalue weighted by atomic mass is 10.1. The van der Waals surface area contributed by atoms with Gasteiger partial charge in [-0.3, -0.25) is 9.20 Å². The van der Waals surface area contributed by atoms with Gasteiger partial charge < -0.3 is 15.1 Å². The van der Waals surface area contributed by atoms with E-state index in [0.717, 1.165) is 52.6 Å². The second-order valence-corrected chi connectivity index (χ2v) is 9.99. The van der Waals surface area contributed by atoms with Crippen molar-refractivity contribution in [3.8, 4) is 0 Å². The number of anilines is 2. The van der Waals surface area contributed by atoms with Crippen molar-refractivity contribution in [2.45, 2.75) is 19.9 Å². The summed E-state index contributed by atoms with van der Waals surface area (Å²) in [7, 11) is 0. The van der Waals surface area contributed by atoms with Crippen LogP contribution in [-0.4, -0.2) is 41.5 Å². The van der Waals surface area contributed by atoms with Crippen molar-refractivity contribution in [1.29, 1.82) is 0 Å². The maximum Gasteiger partial charge on any atom is 0.270 e. The Bertz CT molecular complexity index is 1330. The third kappa shape index (κ3) is 5.16. The summed E-state index contributed by atoms with van der Waals surface area (Å²) in [5, 5.41) is 3.83.